The van der Waals surface area contributed by atoms with Gasteiger partial charge < -0.3 is 10.2 Å². The number of halogens is 2. The van der Waals surface area contributed by atoms with Gasteiger partial charge >= 0.3 is 0 Å². The minimum absolute atomic E-state index is 0.165. The number of piperidine rings is 1. The average Bonchev–Trinajstić information content (AvgIpc) is 2.75. The van der Waals surface area contributed by atoms with Crippen LogP contribution in [0.4, 0.5) is 4.39 Å². The van der Waals surface area contributed by atoms with Crippen molar-refractivity contribution in [2.24, 2.45) is 5.92 Å². The van der Waals surface area contributed by atoms with Crippen LogP contribution in [0.25, 0.3) is 10.9 Å². The first kappa shape index (κ1) is 20.4. The molecule has 0 bridgehead atoms. The summed E-state index contributed by atoms with van der Waals surface area (Å²) in [6.07, 6.45) is 4.09. The zero-order valence-corrected chi connectivity index (χ0v) is 17.9. The van der Waals surface area contributed by atoms with Crippen LogP contribution >= 0.6 is 15.9 Å². The van der Waals surface area contributed by atoms with Crippen molar-refractivity contribution in [2.75, 3.05) is 13.1 Å². The number of nitrogens with zero attached hydrogens (tertiary/aromatic N) is 3. The molecule has 2 unspecified atom stereocenters. The quantitative estimate of drug-likeness (QED) is 0.631. The maximum absolute atomic E-state index is 13.1. The second-order valence-corrected chi connectivity index (χ2v) is 8.35. The van der Waals surface area contributed by atoms with Gasteiger partial charge in [-0.05, 0) is 64.7 Å². The standard InChI is InChI=1S/C22H20BrFN4O2/c1-13-8-9-28(22(30)14-2-5-16(24)6-3-14)12-19(13)27-21(29)18-7-4-15-10-25-11-17(23)20(15)26-18/h2-7,10-11,13,19H,8-9,12H2,1H3,(H,27,29). The van der Waals surface area contributed by atoms with E-state index in [0.717, 1.165) is 16.3 Å². The summed E-state index contributed by atoms with van der Waals surface area (Å²) in [5.74, 6) is -0.619. The molecule has 1 saturated heterocycles. The predicted molar refractivity (Wildman–Crippen MR) is 115 cm³/mol. The molecule has 2 aromatic heterocycles. The molecule has 1 fully saturated rings. The van der Waals surface area contributed by atoms with Gasteiger partial charge in [-0.1, -0.05) is 6.92 Å². The summed E-state index contributed by atoms with van der Waals surface area (Å²) in [7, 11) is 0. The van der Waals surface area contributed by atoms with Crippen LogP contribution in [-0.4, -0.2) is 45.8 Å². The van der Waals surface area contributed by atoms with E-state index in [0.29, 0.717) is 29.9 Å². The lowest BCUT2D eigenvalue weighted by atomic mass is 9.92. The van der Waals surface area contributed by atoms with Crippen LogP contribution in [0.2, 0.25) is 0 Å². The van der Waals surface area contributed by atoms with Crippen LogP contribution in [0.1, 0.15) is 34.2 Å². The van der Waals surface area contributed by atoms with Gasteiger partial charge in [-0.15, -0.1) is 0 Å². The third-order valence-electron chi connectivity index (χ3n) is 5.44. The zero-order chi connectivity index (χ0) is 21.3. The third kappa shape index (κ3) is 4.18. The van der Waals surface area contributed by atoms with Crippen LogP contribution in [0.3, 0.4) is 0 Å². The zero-order valence-electron chi connectivity index (χ0n) is 16.3. The van der Waals surface area contributed by atoms with E-state index in [-0.39, 0.29) is 29.6 Å². The van der Waals surface area contributed by atoms with Gasteiger partial charge in [0.1, 0.15) is 11.5 Å². The lowest BCUT2D eigenvalue weighted by Crippen LogP contribution is -2.53. The van der Waals surface area contributed by atoms with Crippen molar-refractivity contribution in [1.82, 2.24) is 20.2 Å². The summed E-state index contributed by atoms with van der Waals surface area (Å²) in [5, 5.41) is 3.86. The summed E-state index contributed by atoms with van der Waals surface area (Å²) in [6, 6.07) is 8.79. The molecule has 2 amide bonds. The number of likely N-dealkylation sites (tertiary alicyclic amines) is 1. The summed E-state index contributed by atoms with van der Waals surface area (Å²) in [6.45, 7) is 3.04. The minimum atomic E-state index is -0.380. The molecule has 0 aliphatic carbocycles. The molecule has 0 radical (unpaired) electrons. The van der Waals surface area contributed by atoms with Gasteiger partial charge in [0, 0.05) is 42.5 Å². The van der Waals surface area contributed by atoms with Crippen molar-refractivity contribution < 1.29 is 14.0 Å². The molecular weight excluding hydrogens is 451 g/mol. The Morgan fingerprint density at radius 1 is 1.17 bits per heavy atom. The fourth-order valence-electron chi connectivity index (χ4n) is 3.60. The van der Waals surface area contributed by atoms with Crippen molar-refractivity contribution in [3.63, 3.8) is 0 Å². The Morgan fingerprint density at radius 3 is 2.70 bits per heavy atom. The first-order valence-electron chi connectivity index (χ1n) is 9.68. The molecule has 3 heterocycles. The number of fused-ring (bicyclic) bond motifs is 1. The summed E-state index contributed by atoms with van der Waals surface area (Å²) in [5.41, 5.74) is 1.41. The smallest absolute Gasteiger partial charge is 0.270 e. The second-order valence-electron chi connectivity index (χ2n) is 7.49. The second kappa shape index (κ2) is 8.47. The maximum atomic E-state index is 13.1. The Morgan fingerprint density at radius 2 is 1.93 bits per heavy atom. The van der Waals surface area contributed by atoms with Crippen molar-refractivity contribution in [2.45, 2.75) is 19.4 Å². The third-order valence-corrected chi connectivity index (χ3v) is 6.02. The van der Waals surface area contributed by atoms with Crippen LogP contribution in [0.5, 0.6) is 0 Å². The number of aromatic nitrogens is 2. The summed E-state index contributed by atoms with van der Waals surface area (Å²) < 4.78 is 13.9. The van der Waals surface area contributed by atoms with Crippen molar-refractivity contribution in [3.8, 4) is 0 Å². The van der Waals surface area contributed by atoms with E-state index in [9.17, 15) is 14.0 Å². The molecule has 1 aromatic carbocycles. The Labute approximate surface area is 181 Å². The van der Waals surface area contributed by atoms with Gasteiger partial charge in [0.2, 0.25) is 0 Å². The molecule has 0 saturated carbocycles. The van der Waals surface area contributed by atoms with Crippen LogP contribution in [0.15, 0.2) is 53.3 Å². The molecule has 3 aromatic rings. The Balaban J connectivity index is 1.49. The molecule has 154 valence electrons. The van der Waals surface area contributed by atoms with Crippen molar-refractivity contribution >= 4 is 38.6 Å². The van der Waals surface area contributed by atoms with E-state index >= 15 is 0 Å². The van der Waals surface area contributed by atoms with Crippen LogP contribution < -0.4 is 5.32 Å². The molecule has 30 heavy (non-hydrogen) atoms. The SMILES string of the molecule is CC1CCN(C(=O)c2ccc(F)cc2)CC1NC(=O)c1ccc2cncc(Br)c2n1. The summed E-state index contributed by atoms with van der Waals surface area (Å²) in [4.78, 5) is 35.9. The number of amides is 2. The normalized spacial score (nSPS) is 19.0. The minimum Gasteiger partial charge on any atom is -0.346 e. The van der Waals surface area contributed by atoms with Gasteiger partial charge in [0.25, 0.3) is 11.8 Å². The maximum Gasteiger partial charge on any atom is 0.270 e. The van der Waals surface area contributed by atoms with E-state index < -0.39 is 0 Å². The number of hydrogen-bond acceptors (Lipinski definition) is 4. The van der Waals surface area contributed by atoms with E-state index in [4.69, 9.17) is 0 Å². The van der Waals surface area contributed by atoms with Gasteiger partial charge in [-0.3, -0.25) is 14.6 Å². The lowest BCUT2D eigenvalue weighted by Gasteiger charge is -2.37. The van der Waals surface area contributed by atoms with E-state index in [1.165, 1.54) is 24.3 Å². The number of carbonyl (C=O) groups excluding carboxylic acids is 2. The Bertz CT molecular complexity index is 1110. The van der Waals surface area contributed by atoms with E-state index in [1.807, 2.05) is 6.07 Å². The fourth-order valence-corrected chi connectivity index (χ4v) is 4.03. The highest BCUT2D eigenvalue weighted by Gasteiger charge is 2.31. The molecule has 2 atom stereocenters. The predicted octanol–water partition coefficient (Wildman–Crippen LogP) is 3.81. The highest BCUT2D eigenvalue weighted by Crippen LogP contribution is 2.22. The molecule has 1 N–H and O–H groups in total. The first-order chi connectivity index (χ1) is 14.4. The lowest BCUT2D eigenvalue weighted by molar-refractivity contribution is 0.0624. The molecule has 1 aliphatic heterocycles. The molecular formula is C22H20BrFN4O2. The van der Waals surface area contributed by atoms with Crippen LogP contribution in [0, 0.1) is 11.7 Å². The number of hydrogen-bond donors (Lipinski definition) is 1. The topological polar surface area (TPSA) is 75.2 Å². The monoisotopic (exact) mass is 470 g/mol. The van der Waals surface area contributed by atoms with E-state index in [1.54, 1.807) is 23.4 Å². The van der Waals surface area contributed by atoms with Gasteiger partial charge in [0.15, 0.2) is 0 Å². The summed E-state index contributed by atoms with van der Waals surface area (Å²) >= 11 is 3.41. The van der Waals surface area contributed by atoms with Gasteiger partial charge in [-0.25, -0.2) is 9.37 Å². The van der Waals surface area contributed by atoms with E-state index in [2.05, 4.69) is 38.1 Å². The van der Waals surface area contributed by atoms with Crippen molar-refractivity contribution in [1.29, 1.82) is 0 Å². The van der Waals surface area contributed by atoms with Crippen molar-refractivity contribution in [3.05, 3.63) is 70.3 Å². The number of carbonyl (C=O) groups is 2. The number of rotatable bonds is 3. The Hall–Kier alpha value is -2.87. The highest BCUT2D eigenvalue weighted by atomic mass is 79.9. The number of pyridine rings is 2. The molecule has 8 heteroatoms. The number of nitrogens with one attached hydrogen (secondary N) is 1. The molecule has 1 aliphatic rings. The molecule has 6 nitrogen and oxygen atoms in total. The number of benzene rings is 1. The Kier molecular flexibility index (Phi) is 5.76. The van der Waals surface area contributed by atoms with Gasteiger partial charge in [-0.2, -0.15) is 0 Å². The van der Waals surface area contributed by atoms with Crippen LogP contribution in [-0.2, 0) is 0 Å². The van der Waals surface area contributed by atoms with Gasteiger partial charge in [0.05, 0.1) is 9.99 Å². The first-order valence-corrected chi connectivity index (χ1v) is 10.5. The molecule has 0 spiro atoms. The largest absolute Gasteiger partial charge is 0.346 e. The highest BCUT2D eigenvalue weighted by molar-refractivity contribution is 9.10. The molecule has 4 rings (SSSR count). The fraction of sp³-hybridized carbons (Fsp3) is 0.273. The average molecular weight is 471 g/mol.